The molecular formula is C43H41NO7. The molecule has 4 aromatic carbocycles. The van der Waals surface area contributed by atoms with Crippen LogP contribution >= 0.6 is 0 Å². The maximum atomic E-state index is 13.9. The molecule has 0 radical (unpaired) electrons. The van der Waals surface area contributed by atoms with Gasteiger partial charge in [0, 0.05) is 12.8 Å². The molecule has 5 rings (SSSR count). The van der Waals surface area contributed by atoms with Crippen LogP contribution in [0.5, 0.6) is 0 Å². The molecule has 5 atom stereocenters. The summed E-state index contributed by atoms with van der Waals surface area (Å²) in [6.45, 7) is 0.968. The van der Waals surface area contributed by atoms with Gasteiger partial charge in [-0.15, -0.1) is 24.7 Å². The number of nitriles is 1. The van der Waals surface area contributed by atoms with Crippen molar-refractivity contribution < 1.29 is 33.2 Å². The summed E-state index contributed by atoms with van der Waals surface area (Å²) < 4.78 is 38.7. The zero-order valence-electron chi connectivity index (χ0n) is 28.3. The molecule has 260 valence electrons. The highest BCUT2D eigenvalue weighted by atomic mass is 16.7. The fourth-order valence-corrected chi connectivity index (χ4v) is 5.74. The zero-order valence-corrected chi connectivity index (χ0v) is 28.3. The first kappa shape index (κ1) is 37.0. The highest BCUT2D eigenvalue weighted by Gasteiger charge is 2.52. The summed E-state index contributed by atoms with van der Waals surface area (Å²) in [4.78, 5) is 13.9. The maximum absolute atomic E-state index is 13.9. The largest absolute Gasteiger partial charge is 0.431 e. The van der Waals surface area contributed by atoms with Crippen LogP contribution < -0.4 is 0 Å². The molecule has 1 heterocycles. The first-order valence-corrected chi connectivity index (χ1v) is 16.8. The van der Waals surface area contributed by atoms with Gasteiger partial charge in [-0.2, -0.15) is 5.26 Å². The number of ether oxygens (including phenoxy) is 6. The molecule has 1 fully saturated rings. The van der Waals surface area contributed by atoms with Crippen LogP contribution in [0.1, 0.15) is 35.1 Å². The van der Waals surface area contributed by atoms with Crippen molar-refractivity contribution >= 4 is 5.97 Å². The van der Waals surface area contributed by atoms with E-state index in [4.69, 9.17) is 41.3 Å². The second-order valence-corrected chi connectivity index (χ2v) is 12.2. The van der Waals surface area contributed by atoms with Gasteiger partial charge in [-0.1, -0.05) is 121 Å². The van der Waals surface area contributed by atoms with Crippen LogP contribution in [0.3, 0.4) is 0 Å². The third kappa shape index (κ3) is 10.4. The summed E-state index contributed by atoms with van der Waals surface area (Å²) in [5, 5.41) is 10.1. The van der Waals surface area contributed by atoms with Gasteiger partial charge in [0.25, 0.3) is 0 Å². The van der Waals surface area contributed by atoms with Crippen molar-refractivity contribution in [2.45, 2.75) is 70.0 Å². The van der Waals surface area contributed by atoms with Crippen molar-refractivity contribution in [3.63, 3.8) is 0 Å². The maximum Gasteiger partial charge on any atom is 0.330 e. The van der Waals surface area contributed by atoms with Crippen LogP contribution in [0.4, 0.5) is 0 Å². The molecule has 1 aliphatic rings. The van der Waals surface area contributed by atoms with Crippen LogP contribution in [0.2, 0.25) is 0 Å². The molecule has 51 heavy (non-hydrogen) atoms. The summed E-state index contributed by atoms with van der Waals surface area (Å²) in [7, 11) is 0. The first-order valence-electron chi connectivity index (χ1n) is 16.8. The highest BCUT2D eigenvalue weighted by molar-refractivity contribution is 5.81. The average Bonchev–Trinajstić information content (AvgIpc) is 3.17. The van der Waals surface area contributed by atoms with Gasteiger partial charge in [-0.05, 0) is 22.3 Å². The minimum absolute atomic E-state index is 0.0666. The minimum Gasteiger partial charge on any atom is -0.431 e. The molecule has 8 nitrogen and oxygen atoms in total. The lowest BCUT2D eigenvalue weighted by molar-refractivity contribution is -0.322. The highest BCUT2D eigenvalue weighted by Crippen LogP contribution is 2.34. The van der Waals surface area contributed by atoms with Crippen molar-refractivity contribution in [1.29, 1.82) is 5.26 Å². The Morgan fingerprint density at radius 2 is 1.04 bits per heavy atom. The normalized spacial score (nSPS) is 20.0. The summed E-state index contributed by atoms with van der Waals surface area (Å²) in [6, 6.07) is 40.8. The van der Waals surface area contributed by atoms with Crippen LogP contribution in [-0.2, 0) is 59.6 Å². The zero-order chi connectivity index (χ0) is 35.7. The molecule has 1 saturated heterocycles. The average molecular weight is 684 g/mol. The van der Waals surface area contributed by atoms with E-state index in [2.05, 4.69) is 11.8 Å². The van der Waals surface area contributed by atoms with E-state index >= 15 is 0 Å². The Morgan fingerprint density at radius 1 is 0.627 bits per heavy atom. The number of hydrogen-bond acceptors (Lipinski definition) is 8. The van der Waals surface area contributed by atoms with Crippen molar-refractivity contribution in [1.82, 2.24) is 0 Å². The number of terminal acetylenes is 2. The molecule has 1 aliphatic heterocycles. The molecule has 0 bridgehead atoms. The molecule has 0 N–H and O–H groups in total. The summed E-state index contributed by atoms with van der Waals surface area (Å²) in [6.07, 6.45) is 5.99. The predicted octanol–water partition coefficient (Wildman–Crippen LogP) is 6.78. The number of esters is 1. The fourth-order valence-electron chi connectivity index (χ4n) is 5.74. The number of carbonyl (C=O) groups is 1. The lowest BCUT2D eigenvalue weighted by Crippen LogP contribution is -2.62. The Morgan fingerprint density at radius 3 is 1.47 bits per heavy atom. The topological polar surface area (TPSA) is 96.2 Å². The number of hydrogen-bond donors (Lipinski definition) is 0. The monoisotopic (exact) mass is 683 g/mol. The van der Waals surface area contributed by atoms with E-state index in [0.717, 1.165) is 22.3 Å². The van der Waals surface area contributed by atoms with E-state index < -0.39 is 42.1 Å². The molecule has 0 amide bonds. The Hall–Kier alpha value is -5.24. The predicted molar refractivity (Wildman–Crippen MR) is 191 cm³/mol. The van der Waals surface area contributed by atoms with Gasteiger partial charge in [0.2, 0.25) is 6.29 Å². The van der Waals surface area contributed by atoms with Crippen LogP contribution in [0.15, 0.2) is 121 Å². The van der Waals surface area contributed by atoms with E-state index in [1.54, 1.807) is 0 Å². The van der Waals surface area contributed by atoms with Gasteiger partial charge in [-0.3, -0.25) is 4.79 Å². The Kier molecular flexibility index (Phi) is 14.0. The van der Waals surface area contributed by atoms with Gasteiger partial charge in [0.15, 0.2) is 5.41 Å². The van der Waals surface area contributed by atoms with Gasteiger partial charge >= 0.3 is 5.97 Å². The van der Waals surface area contributed by atoms with Crippen LogP contribution in [0.25, 0.3) is 0 Å². The molecule has 1 unspecified atom stereocenters. The van der Waals surface area contributed by atoms with Crippen LogP contribution in [0, 0.1) is 41.4 Å². The molecule has 0 aliphatic carbocycles. The standard InChI is InChI=1S/C43H41NO7/c1-3-25-43(32-44,26-4-2)42(45)51-41-40(49-30-36-23-15-8-16-24-36)39(48-29-35-21-13-7-14-22-35)38(47-28-34-19-11-6-12-20-34)37(50-41)31-46-27-33-17-9-5-10-18-33/h1-2,5-24,37-41H,25-31H2/t37-,38-,39+,40-,41?/m1/s1. The Labute approximate surface area is 300 Å². The van der Waals surface area contributed by atoms with E-state index in [-0.39, 0.29) is 39.3 Å². The third-order valence-electron chi connectivity index (χ3n) is 8.48. The molecule has 0 spiro atoms. The smallest absolute Gasteiger partial charge is 0.330 e. The summed E-state index contributed by atoms with van der Waals surface area (Å²) in [5.41, 5.74) is 1.94. The van der Waals surface area contributed by atoms with Crippen molar-refractivity contribution in [2.24, 2.45) is 5.41 Å². The number of benzene rings is 4. The van der Waals surface area contributed by atoms with Gasteiger partial charge < -0.3 is 28.4 Å². The van der Waals surface area contributed by atoms with E-state index in [9.17, 15) is 10.1 Å². The molecule has 8 heteroatoms. The molecule has 0 aromatic heterocycles. The minimum atomic E-state index is -1.78. The van der Waals surface area contributed by atoms with E-state index in [0.29, 0.717) is 6.61 Å². The Balaban J connectivity index is 1.51. The van der Waals surface area contributed by atoms with Crippen molar-refractivity contribution in [3.05, 3.63) is 144 Å². The van der Waals surface area contributed by atoms with Gasteiger partial charge in [0.1, 0.15) is 24.4 Å². The lowest BCUT2D eigenvalue weighted by Gasteiger charge is -2.45. The molecular weight excluding hydrogens is 642 g/mol. The van der Waals surface area contributed by atoms with Crippen molar-refractivity contribution in [2.75, 3.05) is 6.61 Å². The third-order valence-corrected chi connectivity index (χ3v) is 8.48. The van der Waals surface area contributed by atoms with Crippen LogP contribution in [-0.4, -0.2) is 43.3 Å². The van der Waals surface area contributed by atoms with Gasteiger partial charge in [-0.25, -0.2) is 0 Å². The van der Waals surface area contributed by atoms with E-state index in [1.807, 2.05) is 127 Å². The first-order chi connectivity index (χ1) is 25.0. The fraction of sp³-hybridized carbons (Fsp3) is 0.302. The summed E-state index contributed by atoms with van der Waals surface area (Å²) >= 11 is 0. The second kappa shape index (κ2) is 19.2. The SMILES string of the molecule is C#CCC(C#N)(CC#C)C(=O)OC1O[C@H](COCc2ccccc2)[C@@H](OCc2ccccc2)[C@H](OCc2ccccc2)[C@H]1OCc1ccccc1. The Bertz CT molecular complexity index is 1750. The number of carbonyl (C=O) groups excluding carboxylic acids is 1. The van der Waals surface area contributed by atoms with E-state index in [1.165, 1.54) is 0 Å². The quantitative estimate of drug-likeness (QED) is 0.0888. The lowest BCUT2D eigenvalue weighted by atomic mass is 9.83. The van der Waals surface area contributed by atoms with Crippen molar-refractivity contribution in [3.8, 4) is 30.8 Å². The number of rotatable bonds is 17. The van der Waals surface area contributed by atoms with Gasteiger partial charge in [0.05, 0.1) is 39.1 Å². The molecule has 0 saturated carbocycles. The number of nitrogens with zero attached hydrogens (tertiary/aromatic N) is 1. The molecule has 4 aromatic rings. The summed E-state index contributed by atoms with van der Waals surface area (Å²) in [5.74, 6) is 3.90. The second-order valence-electron chi connectivity index (χ2n) is 12.2.